The molecule has 3 atom stereocenters. The predicted molar refractivity (Wildman–Crippen MR) is 84.0 cm³/mol. The third kappa shape index (κ3) is 3.28. The molecule has 1 aromatic rings. The van der Waals surface area contributed by atoms with Crippen LogP contribution in [0.3, 0.4) is 0 Å². The molecular formula is C15H22ClN3O3. The molecule has 2 N–H and O–H groups in total. The van der Waals surface area contributed by atoms with Gasteiger partial charge in [-0.25, -0.2) is 0 Å². The van der Waals surface area contributed by atoms with Crippen molar-refractivity contribution in [1.29, 1.82) is 0 Å². The number of halogens is 1. The normalized spacial score (nSPS) is 25.0. The fourth-order valence-electron chi connectivity index (χ4n) is 3.30. The van der Waals surface area contributed by atoms with Gasteiger partial charge in [-0.3, -0.25) is 9.59 Å². The van der Waals surface area contributed by atoms with Gasteiger partial charge < -0.3 is 20.0 Å². The molecule has 3 heterocycles. The van der Waals surface area contributed by atoms with Crippen LogP contribution in [0.1, 0.15) is 36.5 Å². The molecule has 6 nitrogen and oxygen atoms in total. The Bertz CT molecular complexity index is 506. The number of nitrogens with one attached hydrogen (secondary N) is 2. The number of carbonyl (C=O) groups excluding carboxylic acids is 2. The molecule has 2 saturated heterocycles. The Labute approximate surface area is 136 Å². The van der Waals surface area contributed by atoms with Gasteiger partial charge in [0, 0.05) is 18.6 Å². The fraction of sp³-hybridized carbons (Fsp3) is 0.600. The van der Waals surface area contributed by atoms with Gasteiger partial charge in [0.25, 0.3) is 5.91 Å². The molecule has 2 amide bonds. The van der Waals surface area contributed by atoms with Gasteiger partial charge in [-0.2, -0.15) is 0 Å². The second kappa shape index (κ2) is 7.15. The summed E-state index contributed by atoms with van der Waals surface area (Å²) in [4.78, 5) is 26.7. The highest BCUT2D eigenvalue weighted by Gasteiger charge is 2.39. The second-order valence-corrected chi connectivity index (χ2v) is 5.83. The highest BCUT2D eigenvalue weighted by Crippen LogP contribution is 2.28. The summed E-state index contributed by atoms with van der Waals surface area (Å²) in [5, 5.41) is 6.13. The molecule has 3 unspecified atom stereocenters. The molecule has 0 saturated carbocycles. The first kappa shape index (κ1) is 16.8. The Morgan fingerprint density at radius 2 is 2.14 bits per heavy atom. The number of amides is 2. The van der Waals surface area contributed by atoms with Gasteiger partial charge in [0.05, 0.1) is 11.8 Å². The molecule has 2 fully saturated rings. The molecule has 2 bridgehead atoms. The molecule has 0 radical (unpaired) electrons. The summed E-state index contributed by atoms with van der Waals surface area (Å²) in [7, 11) is 0. The average Bonchev–Trinajstić information content (AvgIpc) is 3.05. The van der Waals surface area contributed by atoms with E-state index in [2.05, 4.69) is 10.6 Å². The van der Waals surface area contributed by atoms with E-state index in [9.17, 15) is 9.59 Å². The zero-order chi connectivity index (χ0) is 14.8. The van der Waals surface area contributed by atoms with Crippen LogP contribution in [0.4, 0.5) is 0 Å². The topological polar surface area (TPSA) is 74.6 Å². The Hall–Kier alpha value is -1.53. The standard InChI is InChI=1S/C15H21N3O3.ClH/c1-10(17-14(19)11-5-7-21-9-11)15(20)18-12-2-3-13(18)8-16-6-4-12;/h5,7,9-10,12-13,16H,2-4,6,8H2,1H3,(H,17,19);1H. The molecule has 0 spiro atoms. The number of nitrogens with zero attached hydrogens (tertiary/aromatic N) is 1. The first-order valence-corrected chi connectivity index (χ1v) is 7.53. The van der Waals surface area contributed by atoms with Crippen molar-refractivity contribution in [3.63, 3.8) is 0 Å². The van der Waals surface area contributed by atoms with Crippen molar-refractivity contribution in [2.75, 3.05) is 13.1 Å². The minimum atomic E-state index is -0.520. The van der Waals surface area contributed by atoms with Crippen LogP contribution >= 0.6 is 12.4 Å². The van der Waals surface area contributed by atoms with Crippen molar-refractivity contribution < 1.29 is 14.0 Å². The summed E-state index contributed by atoms with van der Waals surface area (Å²) in [5.74, 6) is -0.257. The summed E-state index contributed by atoms with van der Waals surface area (Å²) in [6.07, 6.45) is 5.94. The first-order chi connectivity index (χ1) is 10.2. The summed E-state index contributed by atoms with van der Waals surface area (Å²) < 4.78 is 4.89. The number of hydrogen-bond donors (Lipinski definition) is 2. The van der Waals surface area contributed by atoms with Gasteiger partial charge in [-0.15, -0.1) is 12.4 Å². The smallest absolute Gasteiger partial charge is 0.255 e. The lowest BCUT2D eigenvalue weighted by molar-refractivity contribution is -0.135. The number of hydrogen-bond acceptors (Lipinski definition) is 4. The largest absolute Gasteiger partial charge is 0.472 e. The van der Waals surface area contributed by atoms with Crippen LogP contribution in [-0.4, -0.2) is 47.9 Å². The van der Waals surface area contributed by atoms with E-state index < -0.39 is 6.04 Å². The van der Waals surface area contributed by atoms with Gasteiger partial charge in [0.1, 0.15) is 12.3 Å². The van der Waals surface area contributed by atoms with E-state index in [1.54, 1.807) is 13.0 Å². The van der Waals surface area contributed by atoms with Gasteiger partial charge >= 0.3 is 0 Å². The Kier molecular flexibility index (Phi) is 5.47. The quantitative estimate of drug-likeness (QED) is 0.874. The van der Waals surface area contributed by atoms with Crippen LogP contribution in [0.2, 0.25) is 0 Å². The minimum Gasteiger partial charge on any atom is -0.472 e. The summed E-state index contributed by atoms with van der Waals surface area (Å²) in [6.45, 7) is 3.56. The predicted octanol–water partition coefficient (Wildman–Crippen LogP) is 1.17. The highest BCUT2D eigenvalue weighted by molar-refractivity contribution is 5.97. The lowest BCUT2D eigenvalue weighted by atomic mass is 10.1. The maximum absolute atomic E-state index is 12.7. The second-order valence-electron chi connectivity index (χ2n) is 5.83. The monoisotopic (exact) mass is 327 g/mol. The third-order valence-corrected chi connectivity index (χ3v) is 4.41. The number of furan rings is 1. The molecule has 1 aromatic heterocycles. The molecular weight excluding hydrogens is 306 g/mol. The van der Waals surface area contributed by atoms with E-state index >= 15 is 0 Å². The van der Waals surface area contributed by atoms with Crippen molar-refractivity contribution in [3.8, 4) is 0 Å². The molecule has 0 aliphatic carbocycles. The van der Waals surface area contributed by atoms with E-state index in [1.165, 1.54) is 12.5 Å². The lowest BCUT2D eigenvalue weighted by Crippen LogP contribution is -2.51. The van der Waals surface area contributed by atoms with Gasteiger partial charge in [-0.05, 0) is 38.8 Å². The summed E-state index contributed by atoms with van der Waals surface area (Å²) in [5.41, 5.74) is 0.440. The van der Waals surface area contributed by atoms with Crippen molar-refractivity contribution in [3.05, 3.63) is 24.2 Å². The summed E-state index contributed by atoms with van der Waals surface area (Å²) in [6, 6.07) is 1.64. The van der Waals surface area contributed by atoms with Gasteiger partial charge in [0.2, 0.25) is 5.91 Å². The van der Waals surface area contributed by atoms with Gasteiger partial charge in [0.15, 0.2) is 0 Å². The number of rotatable bonds is 3. The molecule has 7 heteroatoms. The number of fused-ring (bicyclic) bond motifs is 2. The zero-order valence-electron chi connectivity index (χ0n) is 12.6. The molecule has 2 aliphatic rings. The minimum absolute atomic E-state index is 0. The Morgan fingerprint density at radius 3 is 2.86 bits per heavy atom. The van der Waals surface area contributed by atoms with Crippen molar-refractivity contribution >= 4 is 24.2 Å². The lowest BCUT2D eigenvalue weighted by Gasteiger charge is -2.30. The molecule has 122 valence electrons. The van der Waals surface area contributed by atoms with Crippen molar-refractivity contribution in [2.24, 2.45) is 0 Å². The maximum atomic E-state index is 12.7. The summed E-state index contributed by atoms with van der Waals surface area (Å²) >= 11 is 0. The van der Waals surface area contributed by atoms with Crippen LogP contribution in [-0.2, 0) is 4.79 Å². The maximum Gasteiger partial charge on any atom is 0.255 e. The van der Waals surface area contributed by atoms with Crippen molar-refractivity contribution in [1.82, 2.24) is 15.5 Å². The van der Waals surface area contributed by atoms with E-state index in [0.29, 0.717) is 11.6 Å². The molecule has 2 aliphatic heterocycles. The zero-order valence-corrected chi connectivity index (χ0v) is 13.4. The Balaban J connectivity index is 0.00000176. The van der Waals surface area contributed by atoms with Crippen molar-refractivity contribution in [2.45, 2.75) is 44.3 Å². The molecule has 22 heavy (non-hydrogen) atoms. The van der Waals surface area contributed by atoms with Crippen LogP contribution in [0, 0.1) is 0 Å². The molecule has 0 aromatic carbocycles. The van der Waals surface area contributed by atoms with E-state index in [0.717, 1.165) is 32.4 Å². The SMILES string of the molecule is CC(NC(=O)c1ccoc1)C(=O)N1C2CCNCC1CC2.Cl. The fourth-order valence-corrected chi connectivity index (χ4v) is 3.30. The number of carbonyl (C=O) groups is 2. The average molecular weight is 328 g/mol. The van der Waals surface area contributed by atoms with Crippen LogP contribution < -0.4 is 10.6 Å². The van der Waals surface area contributed by atoms with E-state index in [-0.39, 0.29) is 30.3 Å². The molecule has 3 rings (SSSR count). The van der Waals surface area contributed by atoms with Crippen LogP contribution in [0.5, 0.6) is 0 Å². The highest BCUT2D eigenvalue weighted by atomic mass is 35.5. The third-order valence-electron chi connectivity index (χ3n) is 4.41. The first-order valence-electron chi connectivity index (χ1n) is 7.53. The van der Waals surface area contributed by atoms with E-state index in [1.807, 2.05) is 4.90 Å². The van der Waals surface area contributed by atoms with Crippen LogP contribution in [0.15, 0.2) is 23.0 Å². The van der Waals surface area contributed by atoms with Gasteiger partial charge in [-0.1, -0.05) is 0 Å². The van der Waals surface area contributed by atoms with Crippen LogP contribution in [0.25, 0.3) is 0 Å². The Morgan fingerprint density at radius 1 is 1.36 bits per heavy atom. The van der Waals surface area contributed by atoms with E-state index in [4.69, 9.17) is 4.42 Å².